The monoisotopic (exact) mass is 362 g/mol. The summed E-state index contributed by atoms with van der Waals surface area (Å²) in [5, 5.41) is 8.30. The Morgan fingerprint density at radius 1 is 0.760 bits per heavy atom. The molecule has 4 N–H and O–H groups in total. The molecule has 0 heterocycles. The molecule has 0 aromatic rings. The first-order chi connectivity index (χ1) is 11.4. The highest BCUT2D eigenvalue weighted by Gasteiger charge is 2.11. The quantitative estimate of drug-likeness (QED) is 0.281. The van der Waals surface area contributed by atoms with Crippen molar-refractivity contribution in [1.29, 1.82) is 0 Å². The van der Waals surface area contributed by atoms with Crippen molar-refractivity contribution in [3.63, 3.8) is 0 Å². The van der Waals surface area contributed by atoms with Crippen LogP contribution in [0.3, 0.4) is 0 Å². The summed E-state index contributed by atoms with van der Waals surface area (Å²) >= 11 is 0. The minimum absolute atomic E-state index is 0. The van der Waals surface area contributed by atoms with Gasteiger partial charge < -0.3 is 20.9 Å². The van der Waals surface area contributed by atoms with Crippen LogP contribution in [0.15, 0.2) is 0 Å². The number of carboxylic acids is 1. The van der Waals surface area contributed by atoms with E-state index >= 15 is 0 Å². The Balaban J connectivity index is -0.000000867. The predicted molar refractivity (Wildman–Crippen MR) is 104 cm³/mol. The lowest BCUT2D eigenvalue weighted by molar-refractivity contribution is -0.163. The molecule has 0 bridgehead atoms. The van der Waals surface area contributed by atoms with Crippen molar-refractivity contribution in [3.8, 4) is 0 Å². The fourth-order valence-electron chi connectivity index (χ4n) is 2.17. The second-order valence-electron chi connectivity index (χ2n) is 6.67. The van der Waals surface area contributed by atoms with E-state index < -0.39 is 11.9 Å². The van der Waals surface area contributed by atoms with Gasteiger partial charge in [0, 0.05) is 0 Å². The van der Waals surface area contributed by atoms with E-state index in [2.05, 4.69) is 11.7 Å². The Kier molecular flexibility index (Phi) is 26.2. The van der Waals surface area contributed by atoms with E-state index in [9.17, 15) is 9.59 Å². The van der Waals surface area contributed by atoms with Gasteiger partial charge >= 0.3 is 11.9 Å². The summed E-state index contributed by atoms with van der Waals surface area (Å²) < 4.78 is 4.56. The molecule has 0 aromatic carbocycles. The van der Waals surface area contributed by atoms with Gasteiger partial charge in [-0.15, -0.1) is 0 Å². The van der Waals surface area contributed by atoms with Crippen LogP contribution in [0.25, 0.3) is 0 Å². The van der Waals surface area contributed by atoms with Crippen molar-refractivity contribution in [2.75, 3.05) is 27.7 Å². The summed E-state index contributed by atoms with van der Waals surface area (Å²) in [6.07, 6.45) is 14.9. The molecule has 6 nitrogen and oxygen atoms in total. The highest BCUT2D eigenvalue weighted by molar-refractivity contribution is 6.28. The summed E-state index contributed by atoms with van der Waals surface area (Å²) in [5.74, 6) is -2.66. The molecule has 0 aliphatic heterocycles. The van der Waals surface area contributed by atoms with Crippen LogP contribution in [-0.4, -0.2) is 49.7 Å². The number of nitrogens with zero attached hydrogens (tertiary/aromatic N) is 1. The maximum absolute atomic E-state index is 10.6. The van der Waals surface area contributed by atoms with Gasteiger partial charge in [0.15, 0.2) is 0 Å². The van der Waals surface area contributed by atoms with Gasteiger partial charge in [0.05, 0.1) is 6.61 Å². The van der Waals surface area contributed by atoms with Gasteiger partial charge in [-0.05, 0) is 27.6 Å². The lowest BCUT2D eigenvalue weighted by Crippen LogP contribution is -2.16. The van der Waals surface area contributed by atoms with E-state index in [1.807, 2.05) is 26.0 Å². The van der Waals surface area contributed by atoms with Crippen molar-refractivity contribution in [1.82, 2.24) is 11.1 Å². The van der Waals surface area contributed by atoms with Gasteiger partial charge in [0.1, 0.15) is 0 Å². The Labute approximate surface area is 154 Å². The molecule has 0 rings (SSSR count). The van der Waals surface area contributed by atoms with Crippen molar-refractivity contribution in [2.24, 2.45) is 0 Å². The maximum Gasteiger partial charge on any atom is 0.417 e. The summed E-state index contributed by atoms with van der Waals surface area (Å²) in [4.78, 5) is 22.8. The minimum atomic E-state index is -1.51. The molecule has 0 saturated carbocycles. The Morgan fingerprint density at radius 3 is 1.40 bits per heavy atom. The van der Waals surface area contributed by atoms with E-state index in [-0.39, 0.29) is 12.8 Å². The molecule has 0 unspecified atom stereocenters. The van der Waals surface area contributed by atoms with E-state index in [1.165, 1.54) is 57.8 Å². The standard InChI is InChI=1S/C16H30O4.C3H9N.H3N/c1-2-3-4-5-6-7-8-9-10-11-12-13-14-20-16(19)15(17)18;1-4(2)3;/h2-14H2,1H3,(H,17,18);1-3H3;1H3. The van der Waals surface area contributed by atoms with Gasteiger partial charge in [-0.3, -0.25) is 0 Å². The van der Waals surface area contributed by atoms with Crippen LogP contribution in [0.2, 0.25) is 0 Å². The Morgan fingerprint density at radius 2 is 1.08 bits per heavy atom. The van der Waals surface area contributed by atoms with Crippen molar-refractivity contribution in [2.45, 2.75) is 84.0 Å². The molecule has 0 atom stereocenters. The lowest BCUT2D eigenvalue weighted by Gasteiger charge is -2.03. The third kappa shape index (κ3) is 31.2. The van der Waals surface area contributed by atoms with Crippen LogP contribution in [-0.2, 0) is 14.3 Å². The Hall–Kier alpha value is -1.14. The highest BCUT2D eigenvalue weighted by Crippen LogP contribution is 2.11. The molecular formula is C19H42N2O4. The first-order valence-electron chi connectivity index (χ1n) is 9.42. The smallest absolute Gasteiger partial charge is 0.417 e. The topological polar surface area (TPSA) is 102 Å². The molecule has 152 valence electrons. The fraction of sp³-hybridized carbons (Fsp3) is 0.895. The number of unbranched alkanes of at least 4 members (excludes halogenated alkanes) is 11. The summed E-state index contributed by atoms with van der Waals surface area (Å²) in [5.41, 5.74) is 0. The number of hydrogen-bond acceptors (Lipinski definition) is 5. The maximum atomic E-state index is 10.6. The zero-order chi connectivity index (χ0) is 18.6. The molecule has 0 spiro atoms. The molecular weight excluding hydrogens is 320 g/mol. The van der Waals surface area contributed by atoms with Gasteiger partial charge in [-0.2, -0.15) is 0 Å². The van der Waals surface area contributed by atoms with Crippen LogP contribution in [0.5, 0.6) is 0 Å². The van der Waals surface area contributed by atoms with Gasteiger partial charge in [-0.25, -0.2) is 9.59 Å². The molecule has 0 aromatic heterocycles. The molecule has 6 heteroatoms. The van der Waals surface area contributed by atoms with Gasteiger partial charge in [0.2, 0.25) is 0 Å². The summed E-state index contributed by atoms with van der Waals surface area (Å²) in [6.45, 7) is 2.46. The van der Waals surface area contributed by atoms with E-state index in [4.69, 9.17) is 5.11 Å². The number of rotatable bonds is 13. The zero-order valence-electron chi connectivity index (χ0n) is 17.0. The van der Waals surface area contributed by atoms with Gasteiger partial charge in [0.25, 0.3) is 0 Å². The second kappa shape index (κ2) is 22.9. The third-order valence-corrected chi connectivity index (χ3v) is 3.41. The van der Waals surface area contributed by atoms with Crippen LogP contribution in [0.1, 0.15) is 84.0 Å². The number of aliphatic carboxylic acids is 1. The fourth-order valence-corrected chi connectivity index (χ4v) is 2.17. The number of esters is 1. The second-order valence-corrected chi connectivity index (χ2v) is 6.67. The molecule has 0 aliphatic rings. The molecule has 0 aliphatic carbocycles. The number of hydrogen-bond donors (Lipinski definition) is 2. The average molecular weight is 363 g/mol. The first-order valence-corrected chi connectivity index (χ1v) is 9.42. The highest BCUT2D eigenvalue weighted by atomic mass is 16.6. The number of carbonyl (C=O) groups excluding carboxylic acids is 1. The molecule has 0 amide bonds. The SMILES string of the molecule is CCCCCCCCCCCCCCOC(=O)C(=O)O.CN(C)C.N. The van der Waals surface area contributed by atoms with Crippen LogP contribution in [0.4, 0.5) is 0 Å². The van der Waals surface area contributed by atoms with E-state index in [0.29, 0.717) is 0 Å². The van der Waals surface area contributed by atoms with E-state index in [1.54, 1.807) is 0 Å². The largest absolute Gasteiger partial charge is 0.473 e. The molecule has 25 heavy (non-hydrogen) atoms. The average Bonchev–Trinajstić information content (AvgIpc) is 2.51. The lowest BCUT2D eigenvalue weighted by atomic mass is 10.1. The van der Waals surface area contributed by atoms with Crippen molar-refractivity contribution in [3.05, 3.63) is 0 Å². The molecule has 0 radical (unpaired) electrons. The van der Waals surface area contributed by atoms with E-state index in [0.717, 1.165) is 19.3 Å². The van der Waals surface area contributed by atoms with Crippen LogP contribution >= 0.6 is 0 Å². The third-order valence-electron chi connectivity index (χ3n) is 3.41. The number of carboxylic acid groups (broad SMARTS) is 1. The Bertz CT molecular complexity index is 294. The first kappa shape index (κ1) is 28.7. The number of ether oxygens (including phenoxy) is 1. The number of carbonyl (C=O) groups is 2. The van der Waals surface area contributed by atoms with Gasteiger partial charge in [-0.1, -0.05) is 77.6 Å². The summed E-state index contributed by atoms with van der Waals surface area (Å²) in [6, 6.07) is 0. The van der Waals surface area contributed by atoms with Crippen LogP contribution < -0.4 is 6.15 Å². The van der Waals surface area contributed by atoms with Crippen LogP contribution in [0, 0.1) is 0 Å². The minimum Gasteiger partial charge on any atom is -0.473 e. The molecule has 0 saturated heterocycles. The van der Waals surface area contributed by atoms with Crippen molar-refractivity contribution >= 4 is 11.9 Å². The zero-order valence-corrected chi connectivity index (χ0v) is 17.0. The summed E-state index contributed by atoms with van der Waals surface area (Å²) in [7, 11) is 6.00. The predicted octanol–water partition coefficient (Wildman–Crippen LogP) is 4.66. The normalized spacial score (nSPS) is 9.80. The van der Waals surface area contributed by atoms with Crippen molar-refractivity contribution < 1.29 is 19.4 Å². The molecule has 0 fully saturated rings.